The molecule has 6 nitrogen and oxygen atoms in total. The molecule has 7 heteroatoms. The Labute approximate surface area is 133 Å². The van der Waals surface area contributed by atoms with Gasteiger partial charge in [0.25, 0.3) is 5.91 Å². The molecule has 0 aromatic carbocycles. The fourth-order valence-electron chi connectivity index (χ4n) is 2.52. The molecule has 1 saturated heterocycles. The summed E-state index contributed by atoms with van der Waals surface area (Å²) in [4.78, 5) is 18.5. The number of aromatic nitrogens is 3. The van der Waals surface area contributed by atoms with Crippen molar-refractivity contribution < 1.29 is 9.53 Å². The van der Waals surface area contributed by atoms with Crippen LogP contribution in [-0.2, 0) is 11.3 Å². The van der Waals surface area contributed by atoms with E-state index in [2.05, 4.69) is 13.7 Å². The molecule has 0 aliphatic carbocycles. The number of aryl methyl sites for hydroxylation is 1. The molecule has 0 N–H and O–H groups in total. The quantitative estimate of drug-likeness (QED) is 0.863. The van der Waals surface area contributed by atoms with Gasteiger partial charge in [0.05, 0.1) is 35.8 Å². The molecule has 2 aromatic rings. The third-order valence-corrected chi connectivity index (χ3v) is 4.33. The van der Waals surface area contributed by atoms with Crippen molar-refractivity contribution in [2.45, 2.75) is 32.5 Å². The zero-order chi connectivity index (χ0) is 15.4. The number of ether oxygens (including phenoxy) is 1. The van der Waals surface area contributed by atoms with Crippen LogP contribution in [-0.4, -0.2) is 43.7 Å². The first kappa shape index (κ1) is 15.1. The van der Waals surface area contributed by atoms with Gasteiger partial charge in [-0.05, 0) is 31.9 Å². The normalized spacial score (nSPS) is 18.4. The molecule has 22 heavy (non-hydrogen) atoms. The summed E-state index contributed by atoms with van der Waals surface area (Å²) < 4.78 is 14.1. The van der Waals surface area contributed by atoms with Crippen LogP contribution in [0.5, 0.6) is 0 Å². The molecule has 1 aliphatic rings. The topological polar surface area (TPSA) is 68.2 Å². The highest BCUT2D eigenvalue weighted by Crippen LogP contribution is 2.18. The lowest BCUT2D eigenvalue weighted by Gasteiger charge is -2.32. The number of rotatable bonds is 4. The Balaban J connectivity index is 1.57. The first-order chi connectivity index (χ1) is 10.7. The van der Waals surface area contributed by atoms with Gasteiger partial charge in [0.2, 0.25) is 0 Å². The van der Waals surface area contributed by atoms with Crippen LogP contribution < -0.4 is 0 Å². The molecule has 0 saturated carbocycles. The van der Waals surface area contributed by atoms with E-state index in [9.17, 15) is 4.79 Å². The number of hydrogen-bond acceptors (Lipinski definition) is 6. The number of piperidine rings is 1. The zero-order valence-electron chi connectivity index (χ0n) is 12.4. The van der Waals surface area contributed by atoms with E-state index >= 15 is 0 Å². The van der Waals surface area contributed by atoms with Crippen molar-refractivity contribution in [3.63, 3.8) is 0 Å². The lowest BCUT2D eigenvalue weighted by Crippen LogP contribution is -2.43. The van der Waals surface area contributed by atoms with Gasteiger partial charge in [-0.15, -0.1) is 0 Å². The maximum Gasteiger partial charge on any atom is 0.275 e. The first-order valence-electron chi connectivity index (χ1n) is 7.34. The molecule has 3 heterocycles. The Hall–Kier alpha value is -1.86. The van der Waals surface area contributed by atoms with Crippen molar-refractivity contribution in [2.24, 2.45) is 0 Å². The average Bonchev–Trinajstić information content (AvgIpc) is 2.99. The summed E-state index contributed by atoms with van der Waals surface area (Å²) in [7, 11) is 0. The fourth-order valence-corrected chi connectivity index (χ4v) is 3.06. The maximum absolute atomic E-state index is 12.5. The molecule has 1 amide bonds. The van der Waals surface area contributed by atoms with Gasteiger partial charge in [0.15, 0.2) is 5.69 Å². The molecule has 0 radical (unpaired) electrons. The summed E-state index contributed by atoms with van der Waals surface area (Å²) in [5, 5.41) is 0. The van der Waals surface area contributed by atoms with Crippen molar-refractivity contribution in [1.29, 1.82) is 0 Å². The Bertz CT molecular complexity index is 631. The number of pyridine rings is 1. The molecule has 1 aliphatic heterocycles. The van der Waals surface area contributed by atoms with Crippen LogP contribution in [0.2, 0.25) is 0 Å². The SMILES string of the molecule is Cc1nsnc1C(=O)N1CCCC(OCc2ccccn2)C1. The maximum atomic E-state index is 12.5. The van der Waals surface area contributed by atoms with E-state index in [1.54, 1.807) is 6.20 Å². The predicted octanol–water partition coefficient (Wildman–Crippen LogP) is 2.06. The van der Waals surface area contributed by atoms with E-state index in [1.807, 2.05) is 30.0 Å². The van der Waals surface area contributed by atoms with E-state index in [4.69, 9.17) is 4.74 Å². The van der Waals surface area contributed by atoms with Crippen molar-refractivity contribution in [3.8, 4) is 0 Å². The molecule has 0 spiro atoms. The minimum Gasteiger partial charge on any atom is -0.370 e. The number of carbonyl (C=O) groups is 1. The molecule has 1 unspecified atom stereocenters. The van der Waals surface area contributed by atoms with E-state index in [0.717, 1.165) is 36.8 Å². The summed E-state index contributed by atoms with van der Waals surface area (Å²) in [6.45, 7) is 3.64. The molecule has 0 bridgehead atoms. The van der Waals surface area contributed by atoms with Crippen LogP contribution in [0.4, 0.5) is 0 Å². The minimum atomic E-state index is -0.0441. The Morgan fingerprint density at radius 2 is 2.36 bits per heavy atom. The third kappa shape index (κ3) is 3.48. The Morgan fingerprint density at radius 1 is 1.45 bits per heavy atom. The van der Waals surface area contributed by atoms with E-state index in [1.165, 1.54) is 0 Å². The fraction of sp³-hybridized carbons (Fsp3) is 0.467. The zero-order valence-corrected chi connectivity index (χ0v) is 13.3. The van der Waals surface area contributed by atoms with Crippen molar-refractivity contribution >= 4 is 17.6 Å². The Kier molecular flexibility index (Phi) is 4.74. The number of amides is 1. The number of nitrogens with zero attached hydrogens (tertiary/aromatic N) is 4. The summed E-state index contributed by atoms with van der Waals surface area (Å²) >= 11 is 1.08. The van der Waals surface area contributed by atoms with Crippen LogP contribution in [0.15, 0.2) is 24.4 Å². The number of hydrogen-bond donors (Lipinski definition) is 0. The molecule has 2 aromatic heterocycles. The summed E-state index contributed by atoms with van der Waals surface area (Å²) in [5.41, 5.74) is 2.08. The van der Waals surface area contributed by atoms with Gasteiger partial charge in [0.1, 0.15) is 0 Å². The minimum absolute atomic E-state index is 0.0441. The van der Waals surface area contributed by atoms with E-state index < -0.39 is 0 Å². The van der Waals surface area contributed by atoms with Gasteiger partial charge in [0, 0.05) is 19.3 Å². The van der Waals surface area contributed by atoms with E-state index in [-0.39, 0.29) is 12.0 Å². The molecule has 1 fully saturated rings. The highest BCUT2D eigenvalue weighted by molar-refractivity contribution is 6.99. The van der Waals surface area contributed by atoms with Crippen LogP contribution in [0, 0.1) is 6.92 Å². The summed E-state index contributed by atoms with van der Waals surface area (Å²) in [5.74, 6) is -0.0441. The second-order valence-electron chi connectivity index (χ2n) is 5.35. The lowest BCUT2D eigenvalue weighted by molar-refractivity contribution is -0.00800. The highest BCUT2D eigenvalue weighted by atomic mass is 32.1. The van der Waals surface area contributed by atoms with Crippen molar-refractivity contribution in [3.05, 3.63) is 41.5 Å². The second-order valence-corrected chi connectivity index (χ2v) is 5.87. The van der Waals surface area contributed by atoms with Gasteiger partial charge in [-0.2, -0.15) is 8.75 Å². The third-order valence-electron chi connectivity index (χ3n) is 3.71. The largest absolute Gasteiger partial charge is 0.370 e. The van der Waals surface area contributed by atoms with Gasteiger partial charge in [-0.1, -0.05) is 6.07 Å². The molecular weight excluding hydrogens is 300 g/mol. The van der Waals surface area contributed by atoms with Gasteiger partial charge in [-0.3, -0.25) is 9.78 Å². The van der Waals surface area contributed by atoms with Crippen LogP contribution in [0.25, 0.3) is 0 Å². The van der Waals surface area contributed by atoms with E-state index in [0.29, 0.717) is 24.5 Å². The van der Waals surface area contributed by atoms with Gasteiger partial charge in [-0.25, -0.2) is 0 Å². The highest BCUT2D eigenvalue weighted by Gasteiger charge is 2.27. The summed E-state index contributed by atoms with van der Waals surface area (Å²) in [6.07, 6.45) is 3.71. The Morgan fingerprint density at radius 3 is 3.09 bits per heavy atom. The lowest BCUT2D eigenvalue weighted by atomic mass is 10.1. The predicted molar refractivity (Wildman–Crippen MR) is 82.6 cm³/mol. The molecule has 3 rings (SSSR count). The van der Waals surface area contributed by atoms with Crippen molar-refractivity contribution in [1.82, 2.24) is 18.6 Å². The van der Waals surface area contributed by atoms with Gasteiger partial charge < -0.3 is 9.64 Å². The monoisotopic (exact) mass is 318 g/mol. The average molecular weight is 318 g/mol. The number of carbonyl (C=O) groups excluding carboxylic acids is 1. The standard InChI is InChI=1S/C15H18N4O2S/c1-11-14(18-22-17-11)15(20)19-8-4-6-13(9-19)21-10-12-5-2-3-7-16-12/h2-3,5,7,13H,4,6,8-10H2,1H3. The van der Waals surface area contributed by atoms with Crippen molar-refractivity contribution in [2.75, 3.05) is 13.1 Å². The molecular formula is C15H18N4O2S. The number of likely N-dealkylation sites (tertiary alicyclic amines) is 1. The molecule has 116 valence electrons. The second kappa shape index (κ2) is 6.93. The summed E-state index contributed by atoms with van der Waals surface area (Å²) in [6, 6.07) is 5.77. The van der Waals surface area contributed by atoms with Crippen LogP contribution in [0.3, 0.4) is 0 Å². The van der Waals surface area contributed by atoms with Crippen LogP contribution in [0.1, 0.15) is 34.7 Å². The molecule has 1 atom stereocenters. The van der Waals surface area contributed by atoms with Crippen LogP contribution >= 0.6 is 11.7 Å². The smallest absolute Gasteiger partial charge is 0.275 e. The first-order valence-corrected chi connectivity index (χ1v) is 8.07. The van der Waals surface area contributed by atoms with Gasteiger partial charge >= 0.3 is 0 Å².